The molecular weight excluding hydrogens is 556 g/mol. The molecule has 1 spiro atoms. The monoisotopic (exact) mass is 582 g/mol. The summed E-state index contributed by atoms with van der Waals surface area (Å²) < 4.78 is 12.2. The third-order valence-electron chi connectivity index (χ3n) is 8.74. The van der Waals surface area contributed by atoms with Crippen molar-refractivity contribution in [3.8, 4) is 28.7 Å². The summed E-state index contributed by atoms with van der Waals surface area (Å²) in [7, 11) is 0. The van der Waals surface area contributed by atoms with Crippen LogP contribution in [0.25, 0.3) is 11.1 Å². The quantitative estimate of drug-likeness (QED) is 0.207. The van der Waals surface area contributed by atoms with E-state index in [1.807, 2.05) is 91.0 Å². The first kappa shape index (κ1) is 26.5. The second-order valence-corrected chi connectivity index (χ2v) is 11.1. The number of para-hydroxylation sites is 3. The molecule has 0 N–H and O–H groups in total. The molecule has 0 atom stereocenters. The summed E-state index contributed by atoms with van der Waals surface area (Å²) in [5.74, 6) is 1.16. The van der Waals surface area contributed by atoms with Crippen LogP contribution in [0.2, 0.25) is 0 Å². The number of carbonyl (C=O) groups is 1. The molecular formula is C40H26N2O3. The first-order valence-electron chi connectivity index (χ1n) is 14.8. The number of nitriles is 1. The van der Waals surface area contributed by atoms with E-state index in [9.17, 15) is 10.1 Å². The van der Waals surface area contributed by atoms with E-state index < -0.39 is 11.5 Å². The second-order valence-electron chi connectivity index (χ2n) is 11.1. The predicted octanol–water partition coefficient (Wildman–Crippen LogP) is 9.50. The van der Waals surface area contributed by atoms with E-state index in [0.717, 1.165) is 50.3 Å². The Labute approximate surface area is 261 Å². The molecule has 8 rings (SSSR count). The Morgan fingerprint density at radius 2 is 1.24 bits per heavy atom. The van der Waals surface area contributed by atoms with Crippen molar-refractivity contribution in [2.75, 3.05) is 4.90 Å². The molecule has 1 heterocycles. The van der Waals surface area contributed by atoms with Crippen LogP contribution in [0.4, 0.5) is 16.2 Å². The molecule has 5 heteroatoms. The zero-order valence-electron chi connectivity index (χ0n) is 24.2. The topological polar surface area (TPSA) is 62.6 Å². The molecule has 1 aliphatic heterocycles. The van der Waals surface area contributed by atoms with Gasteiger partial charge in [0.2, 0.25) is 0 Å². The van der Waals surface area contributed by atoms with Gasteiger partial charge < -0.3 is 9.47 Å². The molecule has 1 aliphatic carbocycles. The number of anilines is 2. The Hall–Kier alpha value is -6.12. The highest BCUT2D eigenvalue weighted by Crippen LogP contribution is 2.62. The highest BCUT2D eigenvalue weighted by atomic mass is 16.6. The lowest BCUT2D eigenvalue weighted by atomic mass is 9.65. The zero-order chi connectivity index (χ0) is 30.4. The summed E-state index contributed by atoms with van der Waals surface area (Å²) in [5.41, 5.74) is 8.63. The molecule has 2 aliphatic rings. The molecule has 0 saturated carbocycles. The Balaban J connectivity index is 1.30. The maximum atomic E-state index is 13.9. The van der Waals surface area contributed by atoms with Gasteiger partial charge in [0.15, 0.2) is 0 Å². The lowest BCUT2D eigenvalue weighted by Crippen LogP contribution is -2.40. The molecule has 6 aromatic rings. The maximum Gasteiger partial charge on any atom is 0.419 e. The largest absolute Gasteiger partial charge is 0.456 e. The summed E-state index contributed by atoms with van der Waals surface area (Å²) in [4.78, 5) is 15.6. The van der Waals surface area contributed by atoms with Gasteiger partial charge in [0.25, 0.3) is 0 Å². The molecule has 0 fully saturated rings. The average molecular weight is 583 g/mol. The van der Waals surface area contributed by atoms with E-state index in [0.29, 0.717) is 17.1 Å². The summed E-state index contributed by atoms with van der Waals surface area (Å²) in [6.45, 7) is 0.176. The summed E-state index contributed by atoms with van der Waals surface area (Å²) in [6, 6.07) is 49.9. The van der Waals surface area contributed by atoms with Crippen LogP contribution in [-0.2, 0) is 16.8 Å². The van der Waals surface area contributed by atoms with Gasteiger partial charge in [-0.1, -0.05) is 109 Å². The van der Waals surface area contributed by atoms with Gasteiger partial charge >= 0.3 is 6.09 Å². The standard InChI is InChI=1S/C40H26N2O3/c41-25-28-14-4-11-21-38(28)45-29-22-23-33-31(24-29)30-15-5-6-16-32(30)40(33)34-17-7-9-19-36(34)42(37-20-10-8-18-35(37)40)39(43)44-26-27-12-2-1-3-13-27/h1-24H,26H2. The van der Waals surface area contributed by atoms with Crippen LogP contribution in [0.5, 0.6) is 11.5 Å². The van der Waals surface area contributed by atoms with Crippen molar-refractivity contribution >= 4 is 17.5 Å². The lowest BCUT2D eigenvalue weighted by Gasteiger charge is -2.43. The minimum atomic E-state index is -0.682. The lowest BCUT2D eigenvalue weighted by molar-refractivity contribution is 0.149. The Bertz CT molecular complexity index is 2100. The van der Waals surface area contributed by atoms with Crippen molar-refractivity contribution in [3.63, 3.8) is 0 Å². The van der Waals surface area contributed by atoms with E-state index in [1.165, 1.54) is 0 Å². The number of fused-ring (bicyclic) bond motifs is 9. The SMILES string of the molecule is N#Cc1ccccc1Oc1ccc2c(c1)-c1ccccc1C21c2ccccc2N(C(=O)OCc2ccccc2)c2ccccc21. The molecule has 6 aromatic carbocycles. The van der Waals surface area contributed by atoms with E-state index in [1.54, 1.807) is 17.0 Å². The van der Waals surface area contributed by atoms with Crippen LogP contribution in [0.15, 0.2) is 146 Å². The first-order valence-corrected chi connectivity index (χ1v) is 14.8. The van der Waals surface area contributed by atoms with Crippen molar-refractivity contribution in [1.29, 1.82) is 5.26 Å². The third kappa shape index (κ3) is 4.04. The number of benzene rings is 6. The van der Waals surface area contributed by atoms with E-state index >= 15 is 0 Å². The third-order valence-corrected chi connectivity index (χ3v) is 8.74. The molecule has 0 bridgehead atoms. The highest BCUT2D eigenvalue weighted by Gasteiger charge is 2.52. The number of nitrogens with zero attached hydrogens (tertiary/aromatic N) is 2. The molecule has 0 saturated heterocycles. The normalized spacial score (nSPS) is 13.2. The number of rotatable bonds is 4. The molecule has 214 valence electrons. The van der Waals surface area contributed by atoms with Crippen molar-refractivity contribution in [2.24, 2.45) is 0 Å². The van der Waals surface area contributed by atoms with Gasteiger partial charge in [0.05, 0.1) is 22.4 Å². The minimum absolute atomic E-state index is 0.176. The fraction of sp³-hybridized carbons (Fsp3) is 0.0500. The number of amides is 1. The van der Waals surface area contributed by atoms with Crippen molar-refractivity contribution in [1.82, 2.24) is 0 Å². The Kier molecular flexibility index (Phi) is 6.21. The van der Waals surface area contributed by atoms with Gasteiger partial charge in [-0.15, -0.1) is 0 Å². The molecule has 1 amide bonds. The smallest absolute Gasteiger partial charge is 0.419 e. The molecule has 0 aromatic heterocycles. The van der Waals surface area contributed by atoms with Crippen LogP contribution in [0.3, 0.4) is 0 Å². The van der Waals surface area contributed by atoms with Crippen LogP contribution in [-0.4, -0.2) is 6.09 Å². The fourth-order valence-electron chi connectivity index (χ4n) is 6.91. The van der Waals surface area contributed by atoms with Crippen LogP contribution < -0.4 is 9.64 Å². The van der Waals surface area contributed by atoms with Crippen molar-refractivity contribution < 1.29 is 14.3 Å². The highest BCUT2D eigenvalue weighted by molar-refractivity contribution is 6.03. The average Bonchev–Trinajstić information content (AvgIpc) is 3.38. The Morgan fingerprint density at radius 1 is 0.644 bits per heavy atom. The Morgan fingerprint density at radius 3 is 1.98 bits per heavy atom. The minimum Gasteiger partial charge on any atom is -0.456 e. The van der Waals surface area contributed by atoms with Gasteiger partial charge in [-0.05, 0) is 75.3 Å². The molecule has 45 heavy (non-hydrogen) atoms. The molecule has 5 nitrogen and oxygen atoms in total. The van der Waals surface area contributed by atoms with Gasteiger partial charge in [-0.3, -0.25) is 0 Å². The van der Waals surface area contributed by atoms with Gasteiger partial charge in [0.1, 0.15) is 24.2 Å². The number of hydrogen-bond acceptors (Lipinski definition) is 4. The van der Waals surface area contributed by atoms with Crippen molar-refractivity contribution in [2.45, 2.75) is 12.0 Å². The predicted molar refractivity (Wildman–Crippen MR) is 174 cm³/mol. The number of hydrogen-bond donors (Lipinski definition) is 0. The molecule has 0 radical (unpaired) electrons. The first-order chi connectivity index (χ1) is 22.2. The maximum absolute atomic E-state index is 13.9. The zero-order valence-corrected chi connectivity index (χ0v) is 24.2. The van der Waals surface area contributed by atoms with Crippen molar-refractivity contribution in [3.05, 3.63) is 179 Å². The van der Waals surface area contributed by atoms with E-state index in [2.05, 4.69) is 48.5 Å². The number of carbonyl (C=O) groups excluding carboxylic acids is 1. The van der Waals surface area contributed by atoms with Crippen LogP contribution >= 0.6 is 0 Å². The van der Waals surface area contributed by atoms with E-state index in [4.69, 9.17) is 9.47 Å². The second kappa shape index (κ2) is 10.6. The fourth-order valence-corrected chi connectivity index (χ4v) is 6.91. The summed E-state index contributed by atoms with van der Waals surface area (Å²) in [6.07, 6.45) is -0.431. The molecule has 0 unspecified atom stereocenters. The van der Waals surface area contributed by atoms with Crippen LogP contribution in [0.1, 0.15) is 33.4 Å². The summed E-state index contributed by atoms with van der Waals surface area (Å²) >= 11 is 0. The number of ether oxygens (including phenoxy) is 2. The van der Waals surface area contributed by atoms with E-state index in [-0.39, 0.29) is 6.61 Å². The van der Waals surface area contributed by atoms with Gasteiger partial charge in [-0.25, -0.2) is 9.69 Å². The van der Waals surface area contributed by atoms with Crippen LogP contribution in [0, 0.1) is 11.3 Å². The van der Waals surface area contributed by atoms with Gasteiger partial charge in [-0.2, -0.15) is 5.26 Å². The summed E-state index contributed by atoms with van der Waals surface area (Å²) in [5, 5.41) is 9.62. The van der Waals surface area contributed by atoms with Gasteiger partial charge in [0, 0.05) is 0 Å².